The molecule has 2 nitrogen and oxygen atoms in total. The molecule has 0 spiro atoms. The minimum Gasteiger partial charge on any atom is -0.300 e. The average molecular weight is 395 g/mol. The highest BCUT2D eigenvalue weighted by Gasteiger charge is 2.27. The van der Waals surface area contributed by atoms with Crippen LogP contribution in [0.4, 0.5) is 0 Å². The fraction of sp³-hybridized carbons (Fsp3) is 0.520. The Hall–Kier alpha value is -1.29. The molecule has 2 fully saturated rings. The van der Waals surface area contributed by atoms with Gasteiger partial charge < -0.3 is 4.90 Å². The van der Waals surface area contributed by atoms with Crippen molar-refractivity contribution in [2.75, 3.05) is 26.2 Å². The summed E-state index contributed by atoms with van der Waals surface area (Å²) in [6.45, 7) is 11.8. The number of benzene rings is 2. The highest BCUT2D eigenvalue weighted by Crippen LogP contribution is 2.32. The Morgan fingerprint density at radius 2 is 1.46 bits per heavy atom. The summed E-state index contributed by atoms with van der Waals surface area (Å²) < 4.78 is 2.57. The Balaban J connectivity index is 1.35. The second-order valence-corrected chi connectivity index (χ2v) is 10.0. The van der Waals surface area contributed by atoms with Crippen molar-refractivity contribution in [2.24, 2.45) is 5.92 Å². The summed E-state index contributed by atoms with van der Waals surface area (Å²) >= 11 is 1.95. The van der Waals surface area contributed by atoms with Gasteiger partial charge in [-0.25, -0.2) is 4.31 Å². The van der Waals surface area contributed by atoms with Crippen LogP contribution < -0.4 is 0 Å². The third-order valence-electron chi connectivity index (χ3n) is 6.38. The molecule has 0 aliphatic carbocycles. The lowest BCUT2D eigenvalue weighted by Crippen LogP contribution is -2.46. The summed E-state index contributed by atoms with van der Waals surface area (Å²) in [6.07, 6.45) is 5.41. The van der Waals surface area contributed by atoms with Gasteiger partial charge in [-0.15, -0.1) is 0 Å². The monoisotopic (exact) mass is 394 g/mol. The van der Waals surface area contributed by atoms with E-state index in [1.165, 1.54) is 79.0 Å². The van der Waals surface area contributed by atoms with Gasteiger partial charge in [-0.1, -0.05) is 48.4 Å². The Kier molecular flexibility index (Phi) is 6.45. The molecule has 2 heterocycles. The number of piperidine rings is 2. The quantitative estimate of drug-likeness (QED) is 0.572. The van der Waals surface area contributed by atoms with Crippen LogP contribution in [0.25, 0.3) is 11.1 Å². The van der Waals surface area contributed by atoms with E-state index in [1.54, 1.807) is 0 Å². The topological polar surface area (TPSA) is 6.48 Å². The second-order valence-electron chi connectivity index (χ2n) is 8.87. The zero-order chi connectivity index (χ0) is 19.5. The van der Waals surface area contributed by atoms with Gasteiger partial charge in [0.1, 0.15) is 0 Å². The average Bonchev–Trinajstić information content (AvgIpc) is 2.69. The van der Waals surface area contributed by atoms with Gasteiger partial charge >= 0.3 is 0 Å². The van der Waals surface area contributed by atoms with Gasteiger partial charge in [0.15, 0.2) is 0 Å². The minimum atomic E-state index is 0.811. The van der Waals surface area contributed by atoms with E-state index in [9.17, 15) is 0 Å². The molecule has 0 atom stereocenters. The lowest BCUT2D eigenvalue weighted by Gasteiger charge is -2.41. The molecule has 2 aliphatic heterocycles. The maximum absolute atomic E-state index is 2.77. The maximum Gasteiger partial charge on any atom is 0.0236 e. The molecule has 0 N–H and O–H groups in total. The first-order valence-electron chi connectivity index (χ1n) is 10.9. The van der Waals surface area contributed by atoms with Crippen molar-refractivity contribution >= 4 is 11.9 Å². The first-order chi connectivity index (χ1) is 13.6. The molecular formula is C25H34N2S. The van der Waals surface area contributed by atoms with Crippen LogP contribution in [0.2, 0.25) is 0 Å². The molecule has 2 aromatic carbocycles. The first-order valence-corrected chi connectivity index (χ1v) is 11.7. The van der Waals surface area contributed by atoms with E-state index in [2.05, 4.69) is 72.4 Å². The highest BCUT2D eigenvalue weighted by atomic mass is 32.2. The third-order valence-corrected chi connectivity index (χ3v) is 7.47. The molecule has 0 radical (unpaired) electrons. The van der Waals surface area contributed by atoms with Crippen molar-refractivity contribution < 1.29 is 0 Å². The first kappa shape index (κ1) is 20.0. The summed E-state index contributed by atoms with van der Waals surface area (Å²) in [5.41, 5.74) is 5.33. The molecule has 2 aromatic rings. The minimum absolute atomic E-state index is 0.811. The standard InChI is InChI=1S/C25H34N2S/c1-19-7-11-26(12-8-19)24-9-13-27(14-10-24)28-25-6-4-5-22(18-25)23-16-20(2)15-21(3)17-23/h4-6,15-19,24H,7-14H2,1-3H3. The van der Waals surface area contributed by atoms with Gasteiger partial charge in [-0.05, 0) is 93.7 Å². The molecule has 2 aliphatic rings. The molecule has 150 valence electrons. The van der Waals surface area contributed by atoms with E-state index in [0.29, 0.717) is 0 Å². The Labute approximate surface area is 175 Å². The molecular weight excluding hydrogens is 360 g/mol. The third kappa shape index (κ3) is 5.00. The number of nitrogens with zero attached hydrogens (tertiary/aromatic N) is 2. The molecule has 3 heteroatoms. The smallest absolute Gasteiger partial charge is 0.0236 e. The van der Waals surface area contributed by atoms with Crippen LogP contribution in [-0.4, -0.2) is 41.4 Å². The second kappa shape index (κ2) is 9.02. The zero-order valence-corrected chi connectivity index (χ0v) is 18.5. The number of hydrogen-bond donors (Lipinski definition) is 0. The summed E-state index contributed by atoms with van der Waals surface area (Å²) in [5, 5.41) is 0. The summed E-state index contributed by atoms with van der Waals surface area (Å²) in [4.78, 5) is 4.13. The van der Waals surface area contributed by atoms with Crippen LogP contribution in [0, 0.1) is 19.8 Å². The van der Waals surface area contributed by atoms with Gasteiger partial charge in [0.25, 0.3) is 0 Å². The van der Waals surface area contributed by atoms with Crippen LogP contribution in [0.15, 0.2) is 47.4 Å². The van der Waals surface area contributed by atoms with Gasteiger partial charge in [0.05, 0.1) is 0 Å². The van der Waals surface area contributed by atoms with Gasteiger partial charge in [-0.3, -0.25) is 0 Å². The van der Waals surface area contributed by atoms with Gasteiger partial charge in [0, 0.05) is 24.0 Å². The van der Waals surface area contributed by atoms with Crippen molar-refractivity contribution in [1.29, 1.82) is 0 Å². The van der Waals surface area contributed by atoms with E-state index in [-0.39, 0.29) is 0 Å². The van der Waals surface area contributed by atoms with Crippen molar-refractivity contribution in [1.82, 2.24) is 9.21 Å². The summed E-state index contributed by atoms with van der Waals surface area (Å²) in [5.74, 6) is 0.927. The largest absolute Gasteiger partial charge is 0.300 e. The zero-order valence-electron chi connectivity index (χ0n) is 17.7. The van der Waals surface area contributed by atoms with Crippen molar-refractivity contribution in [3.05, 3.63) is 53.6 Å². The molecule has 0 amide bonds. The maximum atomic E-state index is 2.77. The van der Waals surface area contributed by atoms with Crippen molar-refractivity contribution in [3.8, 4) is 11.1 Å². The van der Waals surface area contributed by atoms with Crippen LogP contribution in [-0.2, 0) is 0 Å². The fourth-order valence-corrected chi connectivity index (χ4v) is 5.73. The van der Waals surface area contributed by atoms with E-state index < -0.39 is 0 Å². The number of aryl methyl sites for hydroxylation is 2. The highest BCUT2D eigenvalue weighted by molar-refractivity contribution is 7.97. The van der Waals surface area contributed by atoms with E-state index in [4.69, 9.17) is 0 Å². The molecule has 0 aromatic heterocycles. The van der Waals surface area contributed by atoms with Gasteiger partial charge in [-0.2, -0.15) is 0 Å². The lowest BCUT2D eigenvalue weighted by molar-refractivity contribution is 0.103. The number of rotatable bonds is 4. The Bertz CT molecular complexity index is 767. The fourth-order valence-electron chi connectivity index (χ4n) is 4.72. The normalized spacial score (nSPS) is 20.5. The molecule has 2 saturated heterocycles. The predicted octanol–water partition coefficient (Wildman–Crippen LogP) is 6.17. The molecule has 0 saturated carbocycles. The molecule has 0 bridgehead atoms. The van der Waals surface area contributed by atoms with Crippen molar-refractivity contribution in [2.45, 2.75) is 57.4 Å². The van der Waals surface area contributed by atoms with Crippen molar-refractivity contribution in [3.63, 3.8) is 0 Å². The predicted molar refractivity (Wildman–Crippen MR) is 122 cm³/mol. The van der Waals surface area contributed by atoms with Crippen LogP contribution in [0.5, 0.6) is 0 Å². The molecule has 4 rings (SSSR count). The summed E-state index contributed by atoms with van der Waals surface area (Å²) in [7, 11) is 0. The van der Waals surface area contributed by atoms with E-state index >= 15 is 0 Å². The molecule has 28 heavy (non-hydrogen) atoms. The van der Waals surface area contributed by atoms with Gasteiger partial charge in [0.2, 0.25) is 0 Å². The SMILES string of the molecule is Cc1cc(C)cc(-c2cccc(SN3CCC(N4CCC(C)CC4)CC3)c2)c1. The molecule has 0 unspecified atom stereocenters. The Morgan fingerprint density at radius 1 is 0.786 bits per heavy atom. The van der Waals surface area contributed by atoms with Crippen LogP contribution in [0.1, 0.15) is 43.7 Å². The van der Waals surface area contributed by atoms with E-state index in [1.807, 2.05) is 11.9 Å². The van der Waals surface area contributed by atoms with Crippen LogP contribution in [0.3, 0.4) is 0 Å². The summed E-state index contributed by atoms with van der Waals surface area (Å²) in [6, 6.07) is 16.7. The van der Waals surface area contributed by atoms with Crippen LogP contribution >= 0.6 is 11.9 Å². The number of likely N-dealkylation sites (tertiary alicyclic amines) is 1. The number of hydrogen-bond acceptors (Lipinski definition) is 3. The van der Waals surface area contributed by atoms with E-state index in [0.717, 1.165) is 12.0 Å². The Morgan fingerprint density at radius 3 is 2.14 bits per heavy atom. The lowest BCUT2D eigenvalue weighted by atomic mass is 9.95.